The van der Waals surface area contributed by atoms with E-state index in [0.29, 0.717) is 28.8 Å². The number of halogens is 1. The van der Waals surface area contributed by atoms with E-state index in [1.807, 2.05) is 33.8 Å². The van der Waals surface area contributed by atoms with Crippen LogP contribution in [0.2, 0.25) is 5.02 Å². The van der Waals surface area contributed by atoms with Crippen LogP contribution in [0.3, 0.4) is 0 Å². The lowest BCUT2D eigenvalue weighted by atomic mass is 9.85. The van der Waals surface area contributed by atoms with Gasteiger partial charge in [0.15, 0.2) is 5.78 Å². The third kappa shape index (κ3) is 6.04. The van der Waals surface area contributed by atoms with Crippen molar-refractivity contribution in [2.45, 2.75) is 97.4 Å². The Morgan fingerprint density at radius 1 is 1.07 bits per heavy atom. The largest absolute Gasteiger partial charge is 0.471 e. The number of carbonyl (C=O) groups excluding carboxylic acids is 3. The Hall–Kier alpha value is -2.94. The van der Waals surface area contributed by atoms with E-state index in [2.05, 4.69) is 5.32 Å². The van der Waals surface area contributed by atoms with Gasteiger partial charge in [-0.3, -0.25) is 9.59 Å². The molecule has 2 amide bonds. The summed E-state index contributed by atoms with van der Waals surface area (Å²) in [5.74, 6) is 0.00618. The number of fused-ring (bicyclic) bond motifs is 5. The third-order valence-electron chi connectivity index (χ3n) is 8.40. The average molecular weight is 571 g/mol. The van der Waals surface area contributed by atoms with Crippen LogP contribution in [-0.4, -0.2) is 63.5 Å². The second-order valence-corrected chi connectivity index (χ2v) is 13.1. The van der Waals surface area contributed by atoms with Gasteiger partial charge in [-0.2, -0.15) is 0 Å². The van der Waals surface area contributed by atoms with Gasteiger partial charge in [-0.25, -0.2) is 14.8 Å². The maximum Gasteiger partial charge on any atom is 0.408 e. The first kappa shape index (κ1) is 28.6. The Morgan fingerprint density at radius 3 is 2.58 bits per heavy atom. The van der Waals surface area contributed by atoms with Crippen LogP contribution in [0.5, 0.6) is 5.88 Å². The zero-order valence-corrected chi connectivity index (χ0v) is 24.7. The van der Waals surface area contributed by atoms with Crippen molar-refractivity contribution in [1.82, 2.24) is 20.2 Å². The maximum atomic E-state index is 14.0. The van der Waals surface area contributed by atoms with Gasteiger partial charge in [-0.1, -0.05) is 52.1 Å². The summed E-state index contributed by atoms with van der Waals surface area (Å²) in [6, 6.07) is 3.85. The van der Waals surface area contributed by atoms with Gasteiger partial charge in [0.2, 0.25) is 11.8 Å². The molecule has 40 heavy (non-hydrogen) atoms. The number of amides is 2. The van der Waals surface area contributed by atoms with Gasteiger partial charge in [0.1, 0.15) is 23.9 Å². The monoisotopic (exact) mass is 570 g/mol. The molecule has 1 aromatic heterocycles. The van der Waals surface area contributed by atoms with E-state index < -0.39 is 29.7 Å². The third-order valence-corrected chi connectivity index (χ3v) is 8.64. The second-order valence-electron chi connectivity index (χ2n) is 12.7. The number of nitrogens with zero attached hydrogens (tertiary/aromatic N) is 3. The van der Waals surface area contributed by atoms with Crippen LogP contribution in [0.1, 0.15) is 72.4 Å². The molecule has 3 aliphatic rings. The van der Waals surface area contributed by atoms with Gasteiger partial charge < -0.3 is 19.7 Å². The van der Waals surface area contributed by atoms with Crippen molar-refractivity contribution in [1.29, 1.82) is 0 Å². The molecule has 9 nitrogen and oxygen atoms in total. The lowest BCUT2D eigenvalue weighted by molar-refractivity contribution is -0.141. The summed E-state index contributed by atoms with van der Waals surface area (Å²) < 4.78 is 12.2. The van der Waals surface area contributed by atoms with Gasteiger partial charge in [-0.15, -0.1) is 0 Å². The Labute approximate surface area is 240 Å². The lowest BCUT2D eigenvalue weighted by Gasteiger charge is -2.35. The Balaban J connectivity index is 1.51. The topological polar surface area (TPSA) is 111 Å². The molecule has 1 aliphatic carbocycles. The number of nitrogens with one attached hydrogen (secondary N) is 1. The van der Waals surface area contributed by atoms with Crippen LogP contribution in [0, 0.1) is 17.3 Å². The summed E-state index contributed by atoms with van der Waals surface area (Å²) in [4.78, 5) is 51.0. The SMILES string of the molecule is CC(=O)[C@@H]1[C@H](C)[C@@H]2CN1C(=O)[C@H](C(C)(C)C)NC(=O)O[C@@H]1C[C@H]1CCCCCc1nc3ccc(Cl)cc3nc1O2. The molecule has 1 aromatic carbocycles. The fourth-order valence-corrected chi connectivity index (χ4v) is 6.18. The van der Waals surface area contributed by atoms with Gasteiger partial charge in [0.25, 0.3) is 0 Å². The van der Waals surface area contributed by atoms with Crippen LogP contribution in [0.4, 0.5) is 4.79 Å². The number of Topliss-reactive ketones (excluding diaryl/α,β-unsaturated/α-hetero) is 1. The molecule has 6 atom stereocenters. The smallest absolute Gasteiger partial charge is 0.408 e. The molecule has 0 spiro atoms. The number of ketones is 1. The quantitative estimate of drug-likeness (QED) is 0.507. The molecule has 1 saturated heterocycles. The number of hydrogen-bond donors (Lipinski definition) is 1. The van der Waals surface area contributed by atoms with Crippen molar-refractivity contribution < 1.29 is 23.9 Å². The van der Waals surface area contributed by atoms with Crippen molar-refractivity contribution in [2.24, 2.45) is 17.3 Å². The van der Waals surface area contributed by atoms with Crippen molar-refractivity contribution in [2.75, 3.05) is 6.54 Å². The first-order valence-corrected chi connectivity index (χ1v) is 14.7. The van der Waals surface area contributed by atoms with Crippen LogP contribution in [0.15, 0.2) is 18.2 Å². The summed E-state index contributed by atoms with van der Waals surface area (Å²) in [5.41, 5.74) is 1.53. The van der Waals surface area contributed by atoms with Gasteiger partial charge in [0, 0.05) is 10.9 Å². The van der Waals surface area contributed by atoms with E-state index in [-0.39, 0.29) is 30.3 Å². The predicted octanol–water partition coefficient (Wildman–Crippen LogP) is 5.11. The van der Waals surface area contributed by atoms with Crippen LogP contribution < -0.4 is 10.1 Å². The molecular weight excluding hydrogens is 532 g/mol. The fraction of sp³-hybridized carbons (Fsp3) is 0.633. The molecule has 216 valence electrons. The Kier molecular flexibility index (Phi) is 7.97. The standard InChI is InChI=1S/C30H39ClN4O5/c1-16-24-15-35(25(16)17(2)36)28(37)26(30(3,4)5)34-29(38)40-23-13-18(23)9-7-6-8-10-21-27(39-24)33-22-14-19(31)11-12-20(22)32-21/h11-12,14,16,18,23-26H,6-10,13,15H2,1-5H3,(H,34,38)/t16-,18-,23-,24+,25+,26-/m1/s1. The van der Waals surface area contributed by atoms with Crippen molar-refractivity contribution >= 4 is 40.4 Å². The van der Waals surface area contributed by atoms with Crippen molar-refractivity contribution in [3.8, 4) is 5.88 Å². The molecule has 1 N–H and O–H groups in total. The van der Waals surface area contributed by atoms with Crippen molar-refractivity contribution in [3.63, 3.8) is 0 Å². The highest BCUT2D eigenvalue weighted by Gasteiger charge is 2.49. The van der Waals surface area contributed by atoms with Crippen LogP contribution in [0.25, 0.3) is 11.0 Å². The summed E-state index contributed by atoms with van der Waals surface area (Å²) in [6.45, 7) is 9.26. The number of carbonyl (C=O) groups is 3. The molecule has 0 unspecified atom stereocenters. The zero-order chi connectivity index (χ0) is 28.8. The summed E-state index contributed by atoms with van der Waals surface area (Å²) >= 11 is 6.24. The highest BCUT2D eigenvalue weighted by atomic mass is 35.5. The van der Waals surface area contributed by atoms with E-state index in [9.17, 15) is 14.4 Å². The molecule has 5 rings (SSSR count). The van der Waals surface area contributed by atoms with Crippen molar-refractivity contribution in [3.05, 3.63) is 28.9 Å². The molecule has 10 heteroatoms. The summed E-state index contributed by atoms with van der Waals surface area (Å²) in [7, 11) is 0. The number of hydrogen-bond acceptors (Lipinski definition) is 7. The molecule has 2 bridgehead atoms. The molecule has 2 aromatic rings. The second kappa shape index (κ2) is 11.1. The van der Waals surface area contributed by atoms with E-state index >= 15 is 0 Å². The van der Waals surface area contributed by atoms with Crippen LogP contribution in [-0.2, 0) is 20.7 Å². The minimum absolute atomic E-state index is 0.117. The normalized spacial score (nSPS) is 29.8. The minimum atomic E-state index is -0.873. The first-order chi connectivity index (χ1) is 18.9. The van der Waals surface area contributed by atoms with Crippen LogP contribution >= 0.6 is 11.6 Å². The highest BCUT2D eigenvalue weighted by Crippen LogP contribution is 2.39. The predicted molar refractivity (Wildman–Crippen MR) is 151 cm³/mol. The van der Waals surface area contributed by atoms with E-state index in [4.69, 9.17) is 31.0 Å². The van der Waals surface area contributed by atoms with Gasteiger partial charge >= 0.3 is 6.09 Å². The first-order valence-electron chi connectivity index (χ1n) is 14.3. The van der Waals surface area contributed by atoms with E-state index in [0.717, 1.165) is 43.3 Å². The van der Waals surface area contributed by atoms with E-state index in [1.165, 1.54) is 6.92 Å². The summed E-state index contributed by atoms with van der Waals surface area (Å²) in [6.07, 6.45) is 4.28. The average Bonchev–Trinajstić information content (AvgIpc) is 3.52. The van der Waals surface area contributed by atoms with E-state index in [1.54, 1.807) is 17.0 Å². The zero-order valence-electron chi connectivity index (χ0n) is 23.9. The minimum Gasteiger partial charge on any atom is -0.471 e. The molecule has 0 radical (unpaired) electrons. The maximum absolute atomic E-state index is 14.0. The highest BCUT2D eigenvalue weighted by molar-refractivity contribution is 6.31. The number of benzene rings is 1. The fourth-order valence-electron chi connectivity index (χ4n) is 6.02. The summed E-state index contributed by atoms with van der Waals surface area (Å²) in [5, 5.41) is 3.38. The number of aryl methyl sites for hydroxylation is 1. The number of alkyl carbamates (subject to hydrolysis) is 1. The molecule has 1 saturated carbocycles. The van der Waals surface area contributed by atoms with Gasteiger partial charge in [0.05, 0.1) is 23.6 Å². The molecular formula is C30H39ClN4O5. The number of ether oxygens (including phenoxy) is 2. The number of aromatic nitrogens is 2. The molecule has 2 aliphatic heterocycles. The Bertz CT molecular complexity index is 1310. The number of rotatable bonds is 1. The lowest BCUT2D eigenvalue weighted by Crippen LogP contribution is -2.57. The molecule has 3 heterocycles. The molecule has 2 fully saturated rings. The van der Waals surface area contributed by atoms with Gasteiger partial charge in [-0.05, 0) is 62.1 Å². The Morgan fingerprint density at radius 2 is 1.85 bits per heavy atom.